The van der Waals surface area contributed by atoms with Crippen LogP contribution in [0.2, 0.25) is 0 Å². The van der Waals surface area contributed by atoms with E-state index in [1.165, 1.54) is 4.31 Å². The van der Waals surface area contributed by atoms with Gasteiger partial charge in [-0.25, -0.2) is 8.42 Å². The summed E-state index contributed by atoms with van der Waals surface area (Å²) >= 11 is 0. The highest BCUT2D eigenvalue weighted by atomic mass is 35.5. The van der Waals surface area contributed by atoms with Crippen LogP contribution in [-0.4, -0.2) is 56.0 Å². The van der Waals surface area contributed by atoms with E-state index in [1.54, 1.807) is 25.2 Å². The normalized spacial score (nSPS) is 24.5. The summed E-state index contributed by atoms with van der Waals surface area (Å²) < 4.78 is 65.6. The third-order valence-corrected chi connectivity index (χ3v) is 7.51. The number of benzene rings is 1. The number of likely N-dealkylation sites (N-methyl/N-ethyl adjacent to an activating group) is 1. The maximum Gasteiger partial charge on any atom is 0.391 e. The number of alkyl halides is 3. The van der Waals surface area contributed by atoms with Crippen molar-refractivity contribution in [2.45, 2.75) is 49.3 Å². The monoisotopic (exact) mass is 438 g/mol. The van der Waals surface area contributed by atoms with Crippen LogP contribution in [0.5, 0.6) is 0 Å². The van der Waals surface area contributed by atoms with Gasteiger partial charge in [-0.1, -0.05) is 24.3 Å². The summed E-state index contributed by atoms with van der Waals surface area (Å²) in [7, 11) is -2.05. The van der Waals surface area contributed by atoms with Gasteiger partial charge in [0.05, 0.1) is 10.8 Å². The Bertz CT molecular complexity index is 806. The minimum atomic E-state index is -4.12. The van der Waals surface area contributed by atoms with E-state index in [2.05, 4.69) is 0 Å². The van der Waals surface area contributed by atoms with Crippen LogP contribution in [0.15, 0.2) is 41.3 Å². The molecule has 1 aromatic carbocycles. The minimum Gasteiger partial charge on any atom is -0.297 e. The number of rotatable bonds is 4. The van der Waals surface area contributed by atoms with Gasteiger partial charge in [0.25, 0.3) is 0 Å². The average Bonchev–Trinajstić information content (AvgIpc) is 3.10. The molecule has 0 saturated carbocycles. The Morgan fingerprint density at radius 3 is 2.36 bits per heavy atom. The first-order valence-electron chi connectivity index (χ1n) is 9.13. The van der Waals surface area contributed by atoms with Crippen molar-refractivity contribution in [3.05, 3.63) is 42.0 Å². The molecule has 0 radical (unpaired) electrons. The second-order valence-electron chi connectivity index (χ2n) is 7.44. The number of hydrogen-bond acceptors (Lipinski definition) is 3. The highest BCUT2D eigenvalue weighted by Crippen LogP contribution is 2.36. The molecule has 1 aliphatic heterocycles. The van der Waals surface area contributed by atoms with Crippen molar-refractivity contribution in [2.75, 3.05) is 20.1 Å². The molecule has 1 aromatic rings. The van der Waals surface area contributed by atoms with Crippen molar-refractivity contribution in [2.24, 2.45) is 5.92 Å². The van der Waals surface area contributed by atoms with Crippen molar-refractivity contribution in [1.29, 1.82) is 0 Å². The van der Waals surface area contributed by atoms with Crippen molar-refractivity contribution in [3.63, 3.8) is 0 Å². The third kappa shape index (κ3) is 4.90. The molecule has 1 heterocycles. The van der Waals surface area contributed by atoms with E-state index in [9.17, 15) is 21.6 Å². The van der Waals surface area contributed by atoms with Crippen LogP contribution in [0.4, 0.5) is 13.2 Å². The van der Waals surface area contributed by atoms with Gasteiger partial charge in [-0.2, -0.15) is 17.5 Å². The first-order valence-corrected chi connectivity index (χ1v) is 10.6. The second-order valence-corrected chi connectivity index (χ2v) is 9.44. The molecule has 0 N–H and O–H groups in total. The quantitative estimate of drug-likeness (QED) is 0.667. The molecule has 28 heavy (non-hydrogen) atoms. The molecular formula is C19H26ClF3N2O2S. The van der Waals surface area contributed by atoms with Crippen molar-refractivity contribution >= 4 is 22.4 Å². The zero-order valence-electron chi connectivity index (χ0n) is 15.9. The van der Waals surface area contributed by atoms with Crippen LogP contribution >= 0.6 is 12.4 Å². The summed E-state index contributed by atoms with van der Waals surface area (Å²) in [6, 6.07) is 6.48. The summed E-state index contributed by atoms with van der Waals surface area (Å²) in [6.07, 6.45) is 0.445. The van der Waals surface area contributed by atoms with E-state index in [0.717, 1.165) is 5.56 Å². The van der Waals surface area contributed by atoms with Crippen molar-refractivity contribution < 1.29 is 21.6 Å². The minimum absolute atomic E-state index is 0. The lowest BCUT2D eigenvalue weighted by molar-refractivity contribution is -0.185. The molecule has 1 fully saturated rings. The molecule has 0 aromatic heterocycles. The average molecular weight is 439 g/mol. The maximum atomic E-state index is 12.9. The zero-order valence-corrected chi connectivity index (χ0v) is 17.5. The molecule has 9 heteroatoms. The van der Waals surface area contributed by atoms with Crippen LogP contribution in [-0.2, 0) is 10.0 Å². The predicted octanol–water partition coefficient (Wildman–Crippen LogP) is 4.01. The molecule has 0 bridgehead atoms. The van der Waals surface area contributed by atoms with Crippen LogP contribution < -0.4 is 0 Å². The van der Waals surface area contributed by atoms with Gasteiger partial charge in [-0.05, 0) is 57.0 Å². The van der Waals surface area contributed by atoms with E-state index < -0.39 is 22.1 Å². The Labute approximate surface area is 170 Å². The Morgan fingerprint density at radius 2 is 1.79 bits per heavy atom. The van der Waals surface area contributed by atoms with E-state index in [0.29, 0.717) is 19.5 Å². The highest BCUT2D eigenvalue weighted by molar-refractivity contribution is 7.89. The van der Waals surface area contributed by atoms with Crippen LogP contribution in [0, 0.1) is 12.8 Å². The third-order valence-electron chi connectivity index (χ3n) is 5.63. The number of nitrogens with zero attached hydrogens (tertiary/aromatic N) is 2. The number of aryl methyl sites for hydroxylation is 1. The van der Waals surface area contributed by atoms with E-state index >= 15 is 0 Å². The Morgan fingerprint density at radius 1 is 1.14 bits per heavy atom. The Balaban J connectivity index is 0.00000280. The number of piperidine rings is 1. The van der Waals surface area contributed by atoms with Gasteiger partial charge < -0.3 is 0 Å². The molecule has 1 saturated heterocycles. The molecule has 1 aliphatic carbocycles. The molecule has 3 rings (SSSR count). The molecular weight excluding hydrogens is 413 g/mol. The van der Waals surface area contributed by atoms with Gasteiger partial charge in [-0.3, -0.25) is 4.90 Å². The Hall–Kier alpha value is -1.09. The molecule has 0 spiro atoms. The topological polar surface area (TPSA) is 40.6 Å². The summed E-state index contributed by atoms with van der Waals surface area (Å²) in [5.41, 5.74) is 0.872. The van der Waals surface area contributed by atoms with Crippen molar-refractivity contribution in [1.82, 2.24) is 9.21 Å². The lowest BCUT2D eigenvalue weighted by Gasteiger charge is -2.36. The molecule has 0 amide bonds. The van der Waals surface area contributed by atoms with Crippen LogP contribution in [0.25, 0.3) is 0 Å². The van der Waals surface area contributed by atoms with Crippen molar-refractivity contribution in [3.8, 4) is 0 Å². The number of likely N-dealkylation sites (tertiary alicyclic amines) is 1. The summed E-state index contributed by atoms with van der Waals surface area (Å²) in [6.45, 7) is 2.62. The van der Waals surface area contributed by atoms with Gasteiger partial charge in [-0.15, -0.1) is 12.4 Å². The number of sulfonamides is 1. The number of halogens is 4. The summed E-state index contributed by atoms with van der Waals surface area (Å²) in [5.74, 6) is -1.22. The summed E-state index contributed by atoms with van der Waals surface area (Å²) in [4.78, 5) is 2.29. The predicted molar refractivity (Wildman–Crippen MR) is 105 cm³/mol. The highest BCUT2D eigenvalue weighted by Gasteiger charge is 2.42. The fraction of sp³-hybridized carbons (Fsp3) is 0.579. The Kier molecular flexibility index (Phi) is 7.23. The van der Waals surface area contributed by atoms with Gasteiger partial charge in [0.1, 0.15) is 0 Å². The van der Waals surface area contributed by atoms with Crippen LogP contribution in [0.1, 0.15) is 24.8 Å². The molecule has 2 atom stereocenters. The SMILES string of the molecule is Cc1cccc(S(=O)(=O)N(C)C2C=CC(N3CCC(C(F)(F)F)CC3)C2)c1.Cl. The van der Waals surface area contributed by atoms with E-state index in [4.69, 9.17) is 0 Å². The van der Waals surface area contributed by atoms with Gasteiger partial charge in [0.15, 0.2) is 0 Å². The smallest absolute Gasteiger partial charge is 0.297 e. The lowest BCUT2D eigenvalue weighted by atomic mass is 9.95. The van der Waals surface area contributed by atoms with Gasteiger partial charge in [0.2, 0.25) is 10.0 Å². The maximum absolute atomic E-state index is 12.9. The lowest BCUT2D eigenvalue weighted by Crippen LogP contribution is -2.44. The molecule has 2 unspecified atom stereocenters. The molecule has 158 valence electrons. The standard InChI is InChI=1S/C19H25F3N2O2S.ClH/c1-14-4-3-5-18(12-14)27(25,26)23(2)16-6-7-17(13-16)24-10-8-15(9-11-24)19(20,21)22;/h3-7,12,15-17H,8-11,13H2,1-2H3;1H. The number of hydrogen-bond donors (Lipinski definition) is 0. The first-order chi connectivity index (χ1) is 12.6. The van der Waals surface area contributed by atoms with E-state index in [1.807, 2.05) is 30.0 Å². The second kappa shape index (κ2) is 8.73. The van der Waals surface area contributed by atoms with Gasteiger partial charge in [0, 0.05) is 19.1 Å². The van der Waals surface area contributed by atoms with E-state index in [-0.39, 0.29) is 42.2 Å². The van der Waals surface area contributed by atoms with Crippen LogP contribution in [0.3, 0.4) is 0 Å². The summed E-state index contributed by atoms with van der Waals surface area (Å²) in [5, 5.41) is 0. The fourth-order valence-electron chi connectivity index (χ4n) is 3.88. The molecule has 4 nitrogen and oxygen atoms in total. The zero-order chi connectivity index (χ0) is 19.8. The fourth-order valence-corrected chi connectivity index (χ4v) is 5.31. The van der Waals surface area contributed by atoms with Gasteiger partial charge >= 0.3 is 6.18 Å². The first kappa shape index (κ1) is 23.2. The largest absolute Gasteiger partial charge is 0.391 e. The molecule has 2 aliphatic rings.